The van der Waals surface area contributed by atoms with Crippen LogP contribution in [0, 0.1) is 0 Å². The molecule has 2 rings (SSSR count). The van der Waals surface area contributed by atoms with Crippen molar-refractivity contribution in [3.05, 3.63) is 30.6 Å². The minimum Gasteiger partial charge on any atom is -0.652 e. The van der Waals surface area contributed by atoms with Gasteiger partial charge in [0.25, 0.3) is 0 Å². The van der Waals surface area contributed by atoms with Gasteiger partial charge in [0, 0.05) is 0 Å². The normalized spacial score (nSPS) is 7.73. The first-order valence-electron chi connectivity index (χ1n) is 3.46. The van der Waals surface area contributed by atoms with Crippen LogP contribution in [0.2, 0.25) is 0 Å². The molecule has 0 spiro atoms. The van der Waals surface area contributed by atoms with Crippen LogP contribution < -0.4 is 113 Å². The van der Waals surface area contributed by atoms with Gasteiger partial charge >= 0.3 is 103 Å². The van der Waals surface area contributed by atoms with Gasteiger partial charge < -0.3 is 20.0 Å². The zero-order valence-corrected chi connectivity index (χ0v) is 14.8. The minimum absolute atomic E-state index is 0. The molecule has 0 unspecified atom stereocenters. The number of nitrogens with zero attached hydrogens (tertiary/aromatic N) is 1. The van der Waals surface area contributed by atoms with Crippen molar-refractivity contribution in [2.24, 2.45) is 0 Å². The maximum absolute atomic E-state index is 8.33. The molecule has 0 aliphatic heterocycles. The summed E-state index contributed by atoms with van der Waals surface area (Å²) in [5.41, 5.74) is 2.12. The number of carbonyl (C=O) groups is 1. The van der Waals surface area contributed by atoms with E-state index < -0.39 is 6.16 Å². The van der Waals surface area contributed by atoms with Crippen LogP contribution in [-0.4, -0.2) is 16.1 Å². The van der Waals surface area contributed by atoms with Gasteiger partial charge in [0.05, 0.1) is 17.4 Å². The third kappa shape index (κ3) is 8.02. The van der Waals surface area contributed by atoms with Crippen LogP contribution in [0.15, 0.2) is 30.6 Å². The topological polar surface area (TPSA) is 91.9 Å². The summed E-state index contributed by atoms with van der Waals surface area (Å²) in [5, 5.41) is 16.7. The summed E-state index contributed by atoms with van der Waals surface area (Å²) in [6, 6.07) is 7.94. The van der Waals surface area contributed by atoms with Crippen molar-refractivity contribution in [2.45, 2.75) is 0 Å². The maximum Gasteiger partial charge on any atom is 1.00 e. The molecule has 1 aromatic carbocycles. The Balaban J connectivity index is 0. The second-order valence-electron chi connectivity index (χ2n) is 2.17. The van der Waals surface area contributed by atoms with Gasteiger partial charge in [0.1, 0.15) is 0 Å². The summed E-state index contributed by atoms with van der Waals surface area (Å²) in [5.74, 6) is 0. The summed E-state index contributed by atoms with van der Waals surface area (Å²) in [7, 11) is 0. The van der Waals surface area contributed by atoms with E-state index in [1.165, 1.54) is 0 Å². The van der Waals surface area contributed by atoms with Crippen molar-refractivity contribution in [3.63, 3.8) is 0 Å². The summed E-state index contributed by atoms with van der Waals surface area (Å²) in [4.78, 5) is 15.4. The number of rotatable bonds is 0. The average molecular weight is 256 g/mol. The molecule has 0 atom stereocenters. The average Bonchev–Trinajstić information content (AvgIpc) is 2.49. The Morgan fingerprint density at radius 3 is 2.27 bits per heavy atom. The number of imidazole rings is 1. The van der Waals surface area contributed by atoms with Crippen molar-refractivity contribution in [2.75, 3.05) is 0 Å². The van der Waals surface area contributed by atoms with Gasteiger partial charge in [-0.25, -0.2) is 4.98 Å². The van der Waals surface area contributed by atoms with E-state index >= 15 is 0 Å². The molecule has 0 saturated carbocycles. The molecule has 0 aliphatic rings. The predicted octanol–water partition coefficient (Wildman–Crippen LogP) is -6.88. The molecule has 68 valence electrons. The molecule has 1 heterocycles. The smallest absolute Gasteiger partial charge is 0.652 e. The van der Waals surface area contributed by atoms with Crippen LogP contribution in [0.3, 0.4) is 0 Å². The number of nitrogens with one attached hydrogen (secondary N) is 1. The van der Waals surface area contributed by atoms with E-state index in [2.05, 4.69) is 9.97 Å². The van der Waals surface area contributed by atoms with E-state index in [0.717, 1.165) is 11.0 Å². The van der Waals surface area contributed by atoms with Crippen molar-refractivity contribution in [1.82, 2.24) is 9.97 Å². The Kier molecular flexibility index (Phi) is 12.9. The molecule has 15 heavy (non-hydrogen) atoms. The van der Waals surface area contributed by atoms with Crippen molar-refractivity contribution in [1.29, 1.82) is 0 Å². The molecule has 0 saturated heterocycles. The number of fused-ring (bicyclic) bond motifs is 1. The van der Waals surface area contributed by atoms with Gasteiger partial charge in [-0.3, -0.25) is 0 Å². The van der Waals surface area contributed by atoms with Crippen LogP contribution in [0.25, 0.3) is 11.0 Å². The number of aromatic nitrogens is 2. The quantitative estimate of drug-likeness (QED) is 0.474. The Morgan fingerprint density at radius 1 is 1.20 bits per heavy atom. The zero-order valence-electron chi connectivity index (χ0n) is 8.56. The van der Waals surface area contributed by atoms with Crippen LogP contribution in [0.1, 0.15) is 0 Å². The second kappa shape index (κ2) is 10.4. The second-order valence-corrected chi connectivity index (χ2v) is 2.17. The van der Waals surface area contributed by atoms with Crippen molar-refractivity contribution >= 4 is 17.2 Å². The number of H-pyrrole nitrogens is 1. The Morgan fingerprint density at radius 2 is 1.73 bits per heavy atom. The maximum atomic E-state index is 8.33. The van der Waals surface area contributed by atoms with Crippen LogP contribution in [0.4, 0.5) is 4.79 Å². The van der Waals surface area contributed by atoms with E-state index in [-0.39, 0.29) is 103 Å². The molecule has 5 nitrogen and oxygen atoms in total. The van der Waals surface area contributed by atoms with Gasteiger partial charge in [-0.1, -0.05) is 12.1 Å². The minimum atomic E-state index is -2.33. The summed E-state index contributed by atoms with van der Waals surface area (Å²) in [6.45, 7) is 0. The third-order valence-electron chi connectivity index (χ3n) is 1.33. The summed E-state index contributed by atoms with van der Waals surface area (Å²) < 4.78 is 0. The van der Waals surface area contributed by atoms with Gasteiger partial charge in [0.2, 0.25) is 0 Å². The molecule has 1 aromatic heterocycles. The van der Waals surface area contributed by atoms with Crippen molar-refractivity contribution in [3.8, 4) is 0 Å². The monoisotopic (exact) mass is 256 g/mol. The largest absolute Gasteiger partial charge is 1.00 e. The molecule has 2 aromatic rings. The number of hydrogen-bond donors (Lipinski definition) is 1. The number of aromatic amines is 1. The summed E-state index contributed by atoms with van der Waals surface area (Å²) in [6.07, 6.45) is -0.634. The van der Waals surface area contributed by atoms with E-state index in [1.54, 1.807) is 6.33 Å². The number of para-hydroxylation sites is 2. The number of benzene rings is 1. The third-order valence-corrected chi connectivity index (χ3v) is 1.33. The van der Waals surface area contributed by atoms with Crippen LogP contribution in [-0.2, 0) is 0 Å². The molecular formula is C8H6K2N2O3. The van der Waals surface area contributed by atoms with Crippen LogP contribution >= 0.6 is 0 Å². The SMILES string of the molecule is O=C([O-])[O-].[K+].[K+].c1ccc2[nH]cnc2c1. The molecule has 0 radical (unpaired) electrons. The van der Waals surface area contributed by atoms with E-state index in [9.17, 15) is 0 Å². The standard InChI is InChI=1S/C7H6N2.CH2O3.2K/c1-2-4-7-6(3-1)8-5-9-7;2-1(3)4;;/h1-5H,(H,8,9);(H2,2,3,4);;/q;;2*+1/p-2. The first-order chi connectivity index (χ1) is 6.20. The molecule has 0 aliphatic carbocycles. The molecule has 1 N–H and O–H groups in total. The Bertz CT molecular complexity index is 371. The van der Waals surface area contributed by atoms with Gasteiger partial charge in [-0.05, 0) is 18.3 Å². The molecule has 0 fully saturated rings. The van der Waals surface area contributed by atoms with Gasteiger partial charge in [-0.15, -0.1) is 0 Å². The van der Waals surface area contributed by atoms with E-state index in [4.69, 9.17) is 15.0 Å². The fourth-order valence-electron chi connectivity index (χ4n) is 0.880. The Labute approximate surface area is 172 Å². The van der Waals surface area contributed by atoms with E-state index in [1.807, 2.05) is 24.3 Å². The first kappa shape index (κ1) is 18.6. The number of hydrogen-bond acceptors (Lipinski definition) is 4. The van der Waals surface area contributed by atoms with Gasteiger partial charge in [-0.2, -0.15) is 0 Å². The summed E-state index contributed by atoms with van der Waals surface area (Å²) >= 11 is 0. The van der Waals surface area contributed by atoms with Crippen LogP contribution in [0.5, 0.6) is 0 Å². The number of carbonyl (C=O) groups excluding carboxylic acids is 1. The van der Waals surface area contributed by atoms with Crippen molar-refractivity contribution < 1.29 is 118 Å². The fourth-order valence-corrected chi connectivity index (χ4v) is 0.880. The van der Waals surface area contributed by atoms with Gasteiger partial charge in [0.15, 0.2) is 0 Å². The van der Waals surface area contributed by atoms with E-state index in [0.29, 0.717) is 0 Å². The first-order valence-corrected chi connectivity index (χ1v) is 3.46. The zero-order chi connectivity index (χ0) is 9.68. The molecule has 0 bridgehead atoms. The number of carboxylic acid groups (broad SMARTS) is 2. The molecular weight excluding hydrogens is 250 g/mol. The molecule has 0 amide bonds. The fraction of sp³-hybridized carbons (Fsp3) is 0. The Hall–Kier alpha value is 1.23. The predicted molar refractivity (Wildman–Crippen MR) is 41.5 cm³/mol. The molecule has 7 heteroatoms.